The van der Waals surface area contributed by atoms with Crippen molar-refractivity contribution in [1.29, 1.82) is 0 Å². The van der Waals surface area contributed by atoms with Crippen LogP contribution in [-0.2, 0) is 0 Å². The molecule has 2 aromatic carbocycles. The molecule has 0 heterocycles. The highest BCUT2D eigenvalue weighted by atomic mass is 16.5. The van der Waals surface area contributed by atoms with E-state index in [0.29, 0.717) is 0 Å². The Balaban J connectivity index is 2.87. The summed E-state index contributed by atoms with van der Waals surface area (Å²) < 4.78 is 10.8. The molecule has 0 fully saturated rings. The number of hydrogen-bond donors (Lipinski definition) is 0. The van der Waals surface area contributed by atoms with Crippen LogP contribution in [0.15, 0.2) is 36.9 Å². The lowest BCUT2D eigenvalue weighted by Gasteiger charge is -2.13. The molecule has 0 aliphatic rings. The first kappa shape index (κ1) is 10.6. The van der Waals surface area contributed by atoms with Crippen LogP contribution < -0.4 is 9.47 Å². The fourth-order valence-electron chi connectivity index (χ4n) is 1.88. The van der Waals surface area contributed by atoms with Crippen molar-refractivity contribution < 1.29 is 9.47 Å². The van der Waals surface area contributed by atoms with Crippen LogP contribution >= 0.6 is 0 Å². The van der Waals surface area contributed by atoms with Crippen molar-refractivity contribution in [1.82, 2.24) is 0 Å². The minimum Gasteiger partial charge on any atom is -0.492 e. The number of rotatable bonds is 3. The minimum atomic E-state index is 0.733. The zero-order valence-electron chi connectivity index (χ0n) is 9.49. The Labute approximate surface area is 95.1 Å². The Bertz CT molecular complexity index is 529. The van der Waals surface area contributed by atoms with Crippen LogP contribution in [0.1, 0.15) is 5.56 Å². The molecular weight excluding hydrogens is 200 g/mol. The number of fused-ring (bicyclic) bond motifs is 1. The summed E-state index contributed by atoms with van der Waals surface area (Å²) in [5, 5.41) is 2.17. The third kappa shape index (κ3) is 1.52. The average molecular weight is 214 g/mol. The van der Waals surface area contributed by atoms with Gasteiger partial charge in [0.25, 0.3) is 0 Å². The van der Waals surface area contributed by atoms with E-state index in [-0.39, 0.29) is 0 Å². The second kappa shape index (κ2) is 4.27. The van der Waals surface area contributed by atoms with Crippen molar-refractivity contribution in [3.05, 3.63) is 42.5 Å². The molecule has 0 atom stereocenters. The van der Waals surface area contributed by atoms with Crippen LogP contribution in [0, 0.1) is 0 Å². The second-order valence-electron chi connectivity index (χ2n) is 3.46. The summed E-state index contributed by atoms with van der Waals surface area (Å²) in [6, 6.07) is 10.1. The van der Waals surface area contributed by atoms with E-state index in [1.165, 1.54) is 0 Å². The summed E-state index contributed by atoms with van der Waals surface area (Å²) in [6.07, 6.45) is 1.77. The van der Waals surface area contributed by atoms with E-state index < -0.39 is 0 Å². The van der Waals surface area contributed by atoms with Crippen LogP contribution in [0.2, 0.25) is 0 Å². The molecular formula is C14H14O2. The van der Waals surface area contributed by atoms with Crippen molar-refractivity contribution >= 4 is 16.8 Å². The lowest BCUT2D eigenvalue weighted by molar-refractivity contribution is 0.358. The van der Waals surface area contributed by atoms with E-state index in [1.807, 2.05) is 30.3 Å². The van der Waals surface area contributed by atoms with Crippen LogP contribution in [0.3, 0.4) is 0 Å². The van der Waals surface area contributed by atoms with Gasteiger partial charge >= 0.3 is 0 Å². The van der Waals surface area contributed by atoms with Crippen molar-refractivity contribution in [3.63, 3.8) is 0 Å². The van der Waals surface area contributed by atoms with Gasteiger partial charge in [-0.05, 0) is 11.5 Å². The Morgan fingerprint density at radius 1 is 1.06 bits per heavy atom. The summed E-state index contributed by atoms with van der Waals surface area (Å²) in [4.78, 5) is 0. The second-order valence-corrected chi connectivity index (χ2v) is 3.46. The van der Waals surface area contributed by atoms with Gasteiger partial charge < -0.3 is 9.47 Å². The molecule has 0 amide bonds. The van der Waals surface area contributed by atoms with Crippen LogP contribution in [0.4, 0.5) is 0 Å². The van der Waals surface area contributed by atoms with Gasteiger partial charge in [-0.1, -0.05) is 36.9 Å². The molecule has 16 heavy (non-hydrogen) atoms. The van der Waals surface area contributed by atoms with E-state index in [9.17, 15) is 0 Å². The van der Waals surface area contributed by atoms with E-state index in [2.05, 4.69) is 6.58 Å². The average Bonchev–Trinajstić information content (AvgIpc) is 2.36. The fourth-order valence-corrected chi connectivity index (χ4v) is 1.88. The third-order valence-corrected chi connectivity index (χ3v) is 2.61. The Morgan fingerprint density at radius 3 is 2.38 bits per heavy atom. The van der Waals surface area contributed by atoms with Gasteiger partial charge in [-0.3, -0.25) is 0 Å². The lowest BCUT2D eigenvalue weighted by atomic mass is 10.0. The first-order chi connectivity index (χ1) is 7.81. The maximum Gasteiger partial charge on any atom is 0.169 e. The molecule has 2 aromatic rings. The van der Waals surface area contributed by atoms with E-state index in [0.717, 1.165) is 27.8 Å². The normalized spacial score (nSPS) is 10.1. The smallest absolute Gasteiger partial charge is 0.169 e. The Morgan fingerprint density at radius 2 is 1.75 bits per heavy atom. The molecule has 0 saturated carbocycles. The van der Waals surface area contributed by atoms with Crippen LogP contribution in [0.25, 0.3) is 16.8 Å². The lowest BCUT2D eigenvalue weighted by Crippen LogP contribution is -1.94. The molecule has 0 spiro atoms. The summed E-state index contributed by atoms with van der Waals surface area (Å²) >= 11 is 0. The molecule has 0 bridgehead atoms. The van der Waals surface area contributed by atoms with E-state index in [4.69, 9.17) is 9.47 Å². The maximum absolute atomic E-state index is 5.42. The maximum atomic E-state index is 5.42. The summed E-state index contributed by atoms with van der Waals surface area (Å²) in [6.45, 7) is 3.79. The van der Waals surface area contributed by atoms with Crippen molar-refractivity contribution in [3.8, 4) is 11.5 Å². The minimum absolute atomic E-state index is 0.733. The van der Waals surface area contributed by atoms with Crippen LogP contribution in [0.5, 0.6) is 11.5 Å². The topological polar surface area (TPSA) is 18.5 Å². The predicted octanol–water partition coefficient (Wildman–Crippen LogP) is 3.50. The Hall–Kier alpha value is -1.96. The molecule has 0 aromatic heterocycles. The highest BCUT2D eigenvalue weighted by molar-refractivity contribution is 5.93. The molecule has 0 saturated heterocycles. The third-order valence-electron chi connectivity index (χ3n) is 2.61. The summed E-state index contributed by atoms with van der Waals surface area (Å²) in [5.41, 5.74) is 0.943. The molecule has 2 heteroatoms. The zero-order chi connectivity index (χ0) is 11.5. The van der Waals surface area contributed by atoms with Gasteiger partial charge in [-0.25, -0.2) is 0 Å². The Kier molecular flexibility index (Phi) is 2.82. The highest BCUT2D eigenvalue weighted by Crippen LogP contribution is 2.39. The molecule has 2 rings (SSSR count). The van der Waals surface area contributed by atoms with Gasteiger partial charge in [0.2, 0.25) is 0 Å². The SMILES string of the molecule is C=Cc1cc2ccccc2c(OC)c1OC. The molecule has 82 valence electrons. The number of methoxy groups -OCH3 is 2. The zero-order valence-corrected chi connectivity index (χ0v) is 9.49. The first-order valence-corrected chi connectivity index (χ1v) is 5.08. The van der Waals surface area contributed by atoms with Crippen molar-refractivity contribution in [2.75, 3.05) is 14.2 Å². The van der Waals surface area contributed by atoms with Gasteiger partial charge in [-0.2, -0.15) is 0 Å². The van der Waals surface area contributed by atoms with Crippen LogP contribution in [-0.4, -0.2) is 14.2 Å². The first-order valence-electron chi connectivity index (χ1n) is 5.08. The van der Waals surface area contributed by atoms with Gasteiger partial charge in [0, 0.05) is 10.9 Å². The monoisotopic (exact) mass is 214 g/mol. The molecule has 0 radical (unpaired) electrons. The van der Waals surface area contributed by atoms with E-state index >= 15 is 0 Å². The van der Waals surface area contributed by atoms with Crippen molar-refractivity contribution in [2.45, 2.75) is 0 Å². The summed E-state index contributed by atoms with van der Waals surface area (Å²) in [7, 11) is 3.29. The standard InChI is InChI=1S/C14H14O2/c1-4-10-9-11-7-5-6-8-12(11)14(16-3)13(10)15-2/h4-9H,1H2,2-3H3. The highest BCUT2D eigenvalue weighted by Gasteiger charge is 2.12. The van der Waals surface area contributed by atoms with Crippen molar-refractivity contribution in [2.24, 2.45) is 0 Å². The fraction of sp³-hybridized carbons (Fsp3) is 0.143. The molecule has 0 aliphatic carbocycles. The number of ether oxygens (including phenoxy) is 2. The predicted molar refractivity (Wildman–Crippen MR) is 67.1 cm³/mol. The molecule has 0 unspecified atom stereocenters. The summed E-state index contributed by atoms with van der Waals surface area (Å²) in [5.74, 6) is 1.49. The largest absolute Gasteiger partial charge is 0.492 e. The number of hydrogen-bond acceptors (Lipinski definition) is 2. The molecule has 2 nitrogen and oxygen atoms in total. The van der Waals surface area contributed by atoms with E-state index in [1.54, 1.807) is 20.3 Å². The molecule has 0 aliphatic heterocycles. The van der Waals surface area contributed by atoms with Gasteiger partial charge in [0.05, 0.1) is 14.2 Å². The quantitative estimate of drug-likeness (QED) is 0.778. The molecule has 0 N–H and O–H groups in total. The number of benzene rings is 2. The van der Waals surface area contributed by atoms with Gasteiger partial charge in [-0.15, -0.1) is 0 Å². The van der Waals surface area contributed by atoms with Gasteiger partial charge in [0.1, 0.15) is 0 Å². The van der Waals surface area contributed by atoms with Gasteiger partial charge in [0.15, 0.2) is 11.5 Å².